The number of guanidine groups is 1. The van der Waals surface area contributed by atoms with Crippen LogP contribution in [0.5, 0.6) is 0 Å². The van der Waals surface area contributed by atoms with Gasteiger partial charge in [-0.3, -0.25) is 4.99 Å². The first-order valence-corrected chi connectivity index (χ1v) is 10.1. The highest BCUT2D eigenvalue weighted by atomic mass is 15.4. The third-order valence-electron chi connectivity index (χ3n) is 5.30. The van der Waals surface area contributed by atoms with Crippen molar-refractivity contribution < 1.29 is 0 Å². The average molecular weight is 360 g/mol. The monoisotopic (exact) mass is 359 g/mol. The molecule has 1 atom stereocenters. The predicted octanol–water partition coefficient (Wildman–Crippen LogP) is 1.30. The first-order valence-electron chi connectivity index (χ1n) is 10.1. The molecule has 2 aliphatic rings. The molecule has 3 heterocycles. The molecule has 0 aromatic carbocycles. The molecule has 1 unspecified atom stereocenters. The molecular formula is C19H33N7. The molecule has 0 radical (unpaired) electrons. The van der Waals surface area contributed by atoms with Crippen molar-refractivity contribution in [2.45, 2.75) is 26.7 Å². The summed E-state index contributed by atoms with van der Waals surface area (Å²) in [4.78, 5) is 20.9. The second-order valence-corrected chi connectivity index (χ2v) is 7.12. The second-order valence-electron chi connectivity index (χ2n) is 7.12. The SMILES string of the molecule is CCNC(=NCC1CCCN(CC)C1)N1CCN(c2ncccn2)CC1. The van der Waals surface area contributed by atoms with Crippen LogP contribution in [0.2, 0.25) is 0 Å². The molecule has 144 valence electrons. The van der Waals surface area contributed by atoms with E-state index in [0.29, 0.717) is 5.92 Å². The highest BCUT2D eigenvalue weighted by Gasteiger charge is 2.22. The standard InChI is InChI=1S/C19H33N7/c1-3-20-18(23-15-17-7-5-10-24(4-2)16-17)25-11-13-26(14-12-25)19-21-8-6-9-22-19/h6,8-9,17H,3-5,7,10-16H2,1-2H3,(H,20,23). The number of piperazine rings is 1. The lowest BCUT2D eigenvalue weighted by Gasteiger charge is -2.37. The van der Waals surface area contributed by atoms with E-state index < -0.39 is 0 Å². The topological polar surface area (TPSA) is 59.9 Å². The first-order chi connectivity index (χ1) is 12.8. The van der Waals surface area contributed by atoms with Crippen molar-refractivity contribution in [2.24, 2.45) is 10.9 Å². The Balaban J connectivity index is 1.54. The van der Waals surface area contributed by atoms with E-state index in [1.54, 1.807) is 0 Å². The molecule has 0 bridgehead atoms. The Morgan fingerprint density at radius 2 is 1.92 bits per heavy atom. The molecule has 0 spiro atoms. The van der Waals surface area contributed by atoms with Crippen LogP contribution in [0, 0.1) is 5.92 Å². The van der Waals surface area contributed by atoms with Gasteiger partial charge in [0.05, 0.1) is 0 Å². The van der Waals surface area contributed by atoms with Gasteiger partial charge in [-0.2, -0.15) is 0 Å². The zero-order valence-corrected chi connectivity index (χ0v) is 16.3. The van der Waals surface area contributed by atoms with Crippen LogP contribution >= 0.6 is 0 Å². The van der Waals surface area contributed by atoms with Gasteiger partial charge in [0.2, 0.25) is 5.95 Å². The van der Waals surface area contributed by atoms with Crippen molar-refractivity contribution >= 4 is 11.9 Å². The second kappa shape index (κ2) is 9.71. The highest BCUT2D eigenvalue weighted by molar-refractivity contribution is 5.80. The smallest absolute Gasteiger partial charge is 0.225 e. The van der Waals surface area contributed by atoms with Gasteiger partial charge in [-0.25, -0.2) is 9.97 Å². The van der Waals surface area contributed by atoms with Crippen molar-refractivity contribution in [1.29, 1.82) is 0 Å². The maximum Gasteiger partial charge on any atom is 0.225 e. The van der Waals surface area contributed by atoms with Crippen LogP contribution < -0.4 is 10.2 Å². The Morgan fingerprint density at radius 1 is 1.15 bits per heavy atom. The third-order valence-corrected chi connectivity index (χ3v) is 5.30. The molecule has 26 heavy (non-hydrogen) atoms. The highest BCUT2D eigenvalue weighted by Crippen LogP contribution is 2.17. The molecule has 3 rings (SSSR count). The van der Waals surface area contributed by atoms with Crippen molar-refractivity contribution in [3.8, 4) is 0 Å². The quantitative estimate of drug-likeness (QED) is 0.632. The molecule has 7 nitrogen and oxygen atoms in total. The fourth-order valence-corrected chi connectivity index (χ4v) is 3.80. The van der Waals surface area contributed by atoms with E-state index in [1.807, 2.05) is 18.5 Å². The van der Waals surface area contributed by atoms with E-state index in [2.05, 4.69) is 43.8 Å². The molecule has 7 heteroatoms. The Bertz CT molecular complexity index is 554. The average Bonchev–Trinajstić information content (AvgIpc) is 2.72. The van der Waals surface area contributed by atoms with E-state index >= 15 is 0 Å². The van der Waals surface area contributed by atoms with E-state index in [4.69, 9.17) is 4.99 Å². The van der Waals surface area contributed by atoms with Gasteiger partial charge in [0.15, 0.2) is 5.96 Å². The summed E-state index contributed by atoms with van der Waals surface area (Å²) in [5.74, 6) is 2.59. The van der Waals surface area contributed by atoms with E-state index in [9.17, 15) is 0 Å². The number of nitrogens with zero attached hydrogens (tertiary/aromatic N) is 6. The summed E-state index contributed by atoms with van der Waals surface area (Å²) in [6, 6.07) is 1.86. The van der Waals surface area contributed by atoms with Crippen LogP contribution in [0.15, 0.2) is 23.5 Å². The Morgan fingerprint density at radius 3 is 2.62 bits per heavy atom. The van der Waals surface area contributed by atoms with Crippen LogP contribution in [0.25, 0.3) is 0 Å². The Kier molecular flexibility index (Phi) is 7.05. The van der Waals surface area contributed by atoms with Gasteiger partial charge in [0.1, 0.15) is 0 Å². The predicted molar refractivity (Wildman–Crippen MR) is 107 cm³/mol. The molecule has 2 fully saturated rings. The Hall–Kier alpha value is -1.89. The van der Waals surface area contributed by atoms with Gasteiger partial charge in [-0.05, 0) is 44.8 Å². The zero-order chi connectivity index (χ0) is 18.2. The third kappa shape index (κ3) is 5.06. The maximum atomic E-state index is 4.98. The van der Waals surface area contributed by atoms with Gasteiger partial charge in [-0.1, -0.05) is 6.92 Å². The lowest BCUT2D eigenvalue weighted by Crippen LogP contribution is -2.53. The number of anilines is 1. The molecule has 1 aromatic rings. The number of hydrogen-bond donors (Lipinski definition) is 1. The van der Waals surface area contributed by atoms with Crippen LogP contribution in [0.1, 0.15) is 26.7 Å². The van der Waals surface area contributed by atoms with Gasteiger partial charge < -0.3 is 20.0 Å². The fourth-order valence-electron chi connectivity index (χ4n) is 3.80. The van der Waals surface area contributed by atoms with Crippen molar-refractivity contribution in [3.05, 3.63) is 18.5 Å². The minimum atomic E-state index is 0.691. The lowest BCUT2D eigenvalue weighted by molar-refractivity contribution is 0.186. The van der Waals surface area contributed by atoms with Crippen molar-refractivity contribution in [3.63, 3.8) is 0 Å². The van der Waals surface area contributed by atoms with E-state index in [-0.39, 0.29) is 0 Å². The minimum Gasteiger partial charge on any atom is -0.357 e. The van der Waals surface area contributed by atoms with Crippen LogP contribution in [0.4, 0.5) is 5.95 Å². The molecule has 0 saturated carbocycles. The summed E-state index contributed by atoms with van der Waals surface area (Å²) in [6.45, 7) is 13.6. The number of aromatic nitrogens is 2. The lowest BCUT2D eigenvalue weighted by atomic mass is 9.98. The van der Waals surface area contributed by atoms with Crippen molar-refractivity contribution in [2.75, 3.05) is 63.8 Å². The summed E-state index contributed by atoms with van der Waals surface area (Å²) in [5, 5.41) is 3.48. The normalized spacial score (nSPS) is 22.5. The first kappa shape index (κ1) is 18.9. The Labute approximate surface area is 157 Å². The molecule has 1 aromatic heterocycles. The number of aliphatic imine (C=N–C) groups is 1. The number of likely N-dealkylation sites (tertiary alicyclic amines) is 1. The van der Waals surface area contributed by atoms with Gasteiger partial charge >= 0.3 is 0 Å². The van der Waals surface area contributed by atoms with Crippen LogP contribution in [0.3, 0.4) is 0 Å². The van der Waals surface area contributed by atoms with Crippen LogP contribution in [-0.2, 0) is 0 Å². The summed E-state index contributed by atoms with van der Waals surface area (Å²) >= 11 is 0. The van der Waals surface area contributed by atoms with Crippen molar-refractivity contribution in [1.82, 2.24) is 25.1 Å². The molecule has 2 saturated heterocycles. The fraction of sp³-hybridized carbons (Fsp3) is 0.737. The summed E-state index contributed by atoms with van der Waals surface area (Å²) in [7, 11) is 0. The van der Waals surface area contributed by atoms with Crippen LogP contribution in [-0.4, -0.2) is 84.6 Å². The molecule has 2 aliphatic heterocycles. The summed E-state index contributed by atoms with van der Waals surface area (Å²) < 4.78 is 0. The molecule has 1 N–H and O–H groups in total. The number of nitrogens with one attached hydrogen (secondary N) is 1. The molecular weight excluding hydrogens is 326 g/mol. The number of piperidine rings is 1. The van der Waals surface area contributed by atoms with E-state index in [1.165, 1.54) is 25.9 Å². The molecule has 0 aliphatic carbocycles. The summed E-state index contributed by atoms with van der Waals surface area (Å²) in [6.07, 6.45) is 6.23. The zero-order valence-electron chi connectivity index (χ0n) is 16.3. The molecule has 0 amide bonds. The van der Waals surface area contributed by atoms with Gasteiger partial charge in [0.25, 0.3) is 0 Å². The number of hydrogen-bond acceptors (Lipinski definition) is 5. The largest absolute Gasteiger partial charge is 0.357 e. The number of rotatable bonds is 5. The maximum absolute atomic E-state index is 4.98. The minimum absolute atomic E-state index is 0.691. The summed E-state index contributed by atoms with van der Waals surface area (Å²) in [5.41, 5.74) is 0. The van der Waals surface area contributed by atoms with Gasteiger partial charge in [0, 0.05) is 58.2 Å². The van der Waals surface area contributed by atoms with Gasteiger partial charge in [-0.15, -0.1) is 0 Å². The van der Waals surface area contributed by atoms with E-state index in [0.717, 1.165) is 57.7 Å².